The molecule has 0 saturated carbocycles. The molecule has 0 bridgehead atoms. The Bertz CT molecular complexity index is 617. The van der Waals surface area contributed by atoms with E-state index < -0.39 is 5.60 Å². The van der Waals surface area contributed by atoms with Gasteiger partial charge in [0.25, 0.3) is 5.91 Å². The fourth-order valence-electron chi connectivity index (χ4n) is 3.84. The Balaban J connectivity index is 1.71. The fourth-order valence-corrected chi connectivity index (χ4v) is 3.84. The van der Waals surface area contributed by atoms with Gasteiger partial charge in [0, 0.05) is 18.7 Å². The van der Waals surface area contributed by atoms with Gasteiger partial charge in [0.15, 0.2) is 0 Å². The molecule has 1 amide bonds. The second-order valence-corrected chi connectivity index (χ2v) is 8.81. The van der Waals surface area contributed by atoms with Crippen LogP contribution in [0.1, 0.15) is 49.5 Å². The lowest BCUT2D eigenvalue weighted by Crippen LogP contribution is -2.53. The van der Waals surface area contributed by atoms with Crippen LogP contribution < -0.4 is 0 Å². The van der Waals surface area contributed by atoms with Crippen molar-refractivity contribution >= 4 is 5.91 Å². The van der Waals surface area contributed by atoms with E-state index in [2.05, 4.69) is 25.7 Å². The van der Waals surface area contributed by atoms with Crippen molar-refractivity contribution < 1.29 is 14.6 Å². The molecule has 1 aromatic rings. The number of hydrogen-bond acceptors (Lipinski definition) is 4. The van der Waals surface area contributed by atoms with Crippen LogP contribution in [0.25, 0.3) is 0 Å². The monoisotopic (exact) mass is 360 g/mol. The predicted octanol–water partition coefficient (Wildman–Crippen LogP) is 2.28. The van der Waals surface area contributed by atoms with Gasteiger partial charge < -0.3 is 19.6 Å². The molecule has 26 heavy (non-hydrogen) atoms. The van der Waals surface area contributed by atoms with Gasteiger partial charge >= 0.3 is 0 Å². The summed E-state index contributed by atoms with van der Waals surface area (Å²) in [6, 6.07) is 7.85. The number of amides is 1. The number of ether oxygens (including phenoxy) is 1. The quantitative estimate of drug-likeness (QED) is 0.899. The first-order valence-electron chi connectivity index (χ1n) is 9.69. The zero-order valence-electron chi connectivity index (χ0n) is 16.3. The van der Waals surface area contributed by atoms with E-state index in [1.807, 2.05) is 24.3 Å². The van der Waals surface area contributed by atoms with Crippen molar-refractivity contribution in [3.8, 4) is 0 Å². The van der Waals surface area contributed by atoms with Crippen molar-refractivity contribution in [3.05, 3.63) is 35.4 Å². The number of hydrogen-bond donors (Lipinski definition) is 1. The molecule has 1 aromatic carbocycles. The van der Waals surface area contributed by atoms with Crippen LogP contribution >= 0.6 is 0 Å². The molecule has 144 valence electrons. The van der Waals surface area contributed by atoms with Crippen molar-refractivity contribution in [2.24, 2.45) is 0 Å². The van der Waals surface area contributed by atoms with Crippen LogP contribution in [0.5, 0.6) is 0 Å². The Morgan fingerprint density at radius 2 is 1.81 bits per heavy atom. The summed E-state index contributed by atoms with van der Waals surface area (Å²) < 4.78 is 5.63. The van der Waals surface area contributed by atoms with Crippen molar-refractivity contribution in [2.45, 2.75) is 44.6 Å². The van der Waals surface area contributed by atoms with Gasteiger partial charge in [0.1, 0.15) is 5.60 Å². The van der Waals surface area contributed by atoms with Crippen molar-refractivity contribution in [3.63, 3.8) is 0 Å². The van der Waals surface area contributed by atoms with Crippen molar-refractivity contribution in [2.75, 3.05) is 45.9 Å². The Morgan fingerprint density at radius 1 is 1.15 bits per heavy atom. The summed E-state index contributed by atoms with van der Waals surface area (Å²) in [5.41, 5.74) is 0.942. The average molecular weight is 360 g/mol. The minimum absolute atomic E-state index is 0.0317. The number of carbonyl (C=O) groups excluding carboxylic acids is 1. The summed E-state index contributed by atoms with van der Waals surface area (Å²) >= 11 is 0. The Kier molecular flexibility index (Phi) is 5.70. The lowest BCUT2D eigenvalue weighted by Gasteiger charge is -2.34. The van der Waals surface area contributed by atoms with Gasteiger partial charge in [0.05, 0.1) is 19.8 Å². The van der Waals surface area contributed by atoms with Gasteiger partial charge in [-0.05, 0) is 49.0 Å². The van der Waals surface area contributed by atoms with Crippen molar-refractivity contribution in [1.29, 1.82) is 0 Å². The summed E-state index contributed by atoms with van der Waals surface area (Å²) in [4.78, 5) is 17.0. The van der Waals surface area contributed by atoms with Crippen LogP contribution in [0, 0.1) is 0 Å². The molecule has 2 saturated heterocycles. The standard InChI is InChI=1S/C21H32N2O3/c1-20(2,3)18-8-6-17(7-9-18)19(24)23-12-13-26-16-21(25,15-23)14-22-10-4-5-11-22/h6-9,25H,4-5,10-16H2,1-3H3/t21-/m1/s1. The smallest absolute Gasteiger partial charge is 0.254 e. The molecule has 0 unspecified atom stereocenters. The Hall–Kier alpha value is -1.43. The van der Waals surface area contributed by atoms with E-state index in [9.17, 15) is 9.90 Å². The van der Waals surface area contributed by atoms with E-state index in [4.69, 9.17) is 4.74 Å². The average Bonchev–Trinajstić information content (AvgIpc) is 3.01. The zero-order chi connectivity index (χ0) is 18.8. The molecular weight excluding hydrogens is 328 g/mol. The maximum absolute atomic E-state index is 13.0. The molecule has 2 fully saturated rings. The second-order valence-electron chi connectivity index (χ2n) is 8.81. The fraction of sp³-hybridized carbons (Fsp3) is 0.667. The first kappa shape index (κ1) is 19.3. The molecule has 0 spiro atoms. The van der Waals surface area contributed by atoms with E-state index in [1.54, 1.807) is 4.90 Å². The highest BCUT2D eigenvalue weighted by Gasteiger charge is 2.36. The van der Waals surface area contributed by atoms with Gasteiger partial charge in [-0.25, -0.2) is 0 Å². The largest absolute Gasteiger partial charge is 0.384 e. The molecule has 3 rings (SSSR count). The third-order valence-electron chi connectivity index (χ3n) is 5.36. The molecule has 1 N–H and O–H groups in total. The number of nitrogens with zero attached hydrogens (tertiary/aromatic N) is 2. The first-order chi connectivity index (χ1) is 12.3. The van der Waals surface area contributed by atoms with Gasteiger partial charge in [-0.1, -0.05) is 32.9 Å². The molecule has 0 aromatic heterocycles. The summed E-state index contributed by atoms with van der Waals surface area (Å²) in [5, 5.41) is 11.1. The predicted molar refractivity (Wildman–Crippen MR) is 102 cm³/mol. The lowest BCUT2D eigenvalue weighted by atomic mass is 9.86. The van der Waals surface area contributed by atoms with E-state index in [-0.39, 0.29) is 17.9 Å². The molecule has 2 heterocycles. The minimum Gasteiger partial charge on any atom is -0.384 e. The first-order valence-corrected chi connectivity index (χ1v) is 9.69. The van der Waals surface area contributed by atoms with Crippen LogP contribution in [-0.4, -0.2) is 72.4 Å². The van der Waals surface area contributed by atoms with E-state index in [0.29, 0.717) is 31.8 Å². The van der Waals surface area contributed by atoms with Gasteiger partial charge in [-0.3, -0.25) is 4.79 Å². The van der Waals surface area contributed by atoms with Gasteiger partial charge in [0.2, 0.25) is 0 Å². The highest BCUT2D eigenvalue weighted by atomic mass is 16.5. The van der Waals surface area contributed by atoms with Crippen molar-refractivity contribution in [1.82, 2.24) is 9.80 Å². The number of aliphatic hydroxyl groups is 1. The SMILES string of the molecule is CC(C)(C)c1ccc(C(=O)N2CCOC[C@@](O)(CN3CCCC3)C2)cc1. The normalized spacial score (nSPS) is 25.3. The highest BCUT2D eigenvalue weighted by Crippen LogP contribution is 2.23. The number of carbonyl (C=O) groups is 1. The molecule has 0 aliphatic carbocycles. The van der Waals surface area contributed by atoms with E-state index >= 15 is 0 Å². The highest BCUT2D eigenvalue weighted by molar-refractivity contribution is 5.94. The molecule has 2 aliphatic rings. The molecule has 1 atom stereocenters. The number of rotatable bonds is 3. The Morgan fingerprint density at radius 3 is 2.42 bits per heavy atom. The number of benzene rings is 1. The summed E-state index contributed by atoms with van der Waals surface area (Å²) in [5.74, 6) is -0.0317. The van der Waals surface area contributed by atoms with Crippen LogP contribution in [0.3, 0.4) is 0 Å². The third kappa shape index (κ3) is 4.64. The molecule has 5 heteroatoms. The maximum Gasteiger partial charge on any atom is 0.254 e. The van der Waals surface area contributed by atoms with E-state index in [0.717, 1.165) is 13.1 Å². The Labute approximate surface area is 156 Å². The number of likely N-dealkylation sites (tertiary alicyclic amines) is 1. The van der Waals surface area contributed by atoms with Crippen LogP contribution in [0.2, 0.25) is 0 Å². The lowest BCUT2D eigenvalue weighted by molar-refractivity contribution is -0.0524. The minimum atomic E-state index is -0.998. The van der Waals surface area contributed by atoms with Gasteiger partial charge in [-0.2, -0.15) is 0 Å². The molecular formula is C21H32N2O3. The topological polar surface area (TPSA) is 53.0 Å². The van der Waals surface area contributed by atoms with Crippen LogP contribution in [-0.2, 0) is 10.2 Å². The van der Waals surface area contributed by atoms with E-state index in [1.165, 1.54) is 18.4 Å². The second kappa shape index (κ2) is 7.67. The van der Waals surface area contributed by atoms with Gasteiger partial charge in [-0.15, -0.1) is 0 Å². The zero-order valence-corrected chi connectivity index (χ0v) is 16.3. The number of β-amino-alcohol motifs (C(OH)–C–C–N with tert-alkyl or cyclic N) is 1. The molecule has 2 aliphatic heterocycles. The summed E-state index contributed by atoms with van der Waals surface area (Å²) in [6.45, 7) is 10.7. The summed E-state index contributed by atoms with van der Waals surface area (Å²) in [7, 11) is 0. The van der Waals surface area contributed by atoms with Crippen LogP contribution in [0.15, 0.2) is 24.3 Å². The molecule has 5 nitrogen and oxygen atoms in total. The molecule has 0 radical (unpaired) electrons. The summed E-state index contributed by atoms with van der Waals surface area (Å²) in [6.07, 6.45) is 2.36. The third-order valence-corrected chi connectivity index (χ3v) is 5.36. The van der Waals surface area contributed by atoms with Crippen LogP contribution in [0.4, 0.5) is 0 Å². The maximum atomic E-state index is 13.0.